The van der Waals surface area contributed by atoms with Crippen LogP contribution in [0.3, 0.4) is 0 Å². The van der Waals surface area contributed by atoms with E-state index in [1.807, 2.05) is 20.8 Å². The minimum Gasteiger partial charge on any atom is -0.333 e. The zero-order valence-corrected chi connectivity index (χ0v) is 15.3. The topological polar surface area (TPSA) is 0 Å². The Balaban J connectivity index is -0.0000000742. The van der Waals surface area contributed by atoms with Gasteiger partial charge in [0.25, 0.3) is 0 Å². The molecule has 0 N–H and O–H groups in total. The van der Waals surface area contributed by atoms with Crippen molar-refractivity contribution in [2.24, 2.45) is 0 Å². The van der Waals surface area contributed by atoms with Gasteiger partial charge in [-0.15, -0.1) is 13.3 Å². The molecule has 0 rings (SSSR count). The van der Waals surface area contributed by atoms with E-state index in [9.17, 15) is 0 Å². The van der Waals surface area contributed by atoms with E-state index in [4.69, 9.17) is 0 Å². The smallest absolute Gasteiger partial charge is 0.333 e. The molecule has 0 spiro atoms. The third kappa shape index (κ3) is 50.9. The average molecular weight is 237 g/mol. The van der Waals surface area contributed by atoms with E-state index in [1.54, 1.807) is 0 Å². The van der Waals surface area contributed by atoms with Gasteiger partial charge >= 0.3 is 51.4 Å². The number of allylic oxidation sites excluding steroid dienone is 2. The molecule has 0 saturated carbocycles. The summed E-state index contributed by atoms with van der Waals surface area (Å²) in [4.78, 5) is 0. The Morgan fingerprint density at radius 1 is 1.00 bits per heavy atom. The summed E-state index contributed by atoms with van der Waals surface area (Å²) in [6.45, 7) is 12.5. The molecule has 0 amide bonds. The minimum atomic E-state index is 0. The summed E-state index contributed by atoms with van der Waals surface area (Å²) in [5.74, 6) is 0. The number of hydrogen-bond acceptors (Lipinski definition) is 0. The molecule has 0 nitrogen and oxygen atoms in total. The molecule has 0 fully saturated rings. The van der Waals surface area contributed by atoms with Crippen LogP contribution in [0.15, 0.2) is 12.2 Å². The van der Waals surface area contributed by atoms with Crippen LogP contribution < -0.4 is 51.4 Å². The van der Waals surface area contributed by atoms with E-state index in [0.717, 1.165) is 0 Å². The second kappa shape index (κ2) is 36.2. The number of rotatable bonds is 5. The molecule has 0 bridgehead atoms. The molecule has 0 aromatic rings. The Hall–Kier alpha value is 1.25. The standard InChI is InChI=1S/C8H14.C4H10.C2H6.K/c1-3-5-7-8-6-4-2;1-3-4-2;1-2;/h3-5,7H,6,8H2,1-2H3;3-4H2,1-2H3;1-2H3;/q-2;;;+1. The van der Waals surface area contributed by atoms with Gasteiger partial charge in [0.15, 0.2) is 0 Å². The van der Waals surface area contributed by atoms with E-state index in [-0.39, 0.29) is 51.4 Å². The zero-order chi connectivity index (χ0) is 11.7. The van der Waals surface area contributed by atoms with Gasteiger partial charge in [-0.05, 0) is 0 Å². The quantitative estimate of drug-likeness (QED) is 0.392. The Labute approximate surface area is 142 Å². The van der Waals surface area contributed by atoms with Gasteiger partial charge in [0.2, 0.25) is 0 Å². The summed E-state index contributed by atoms with van der Waals surface area (Å²) in [6.07, 6.45) is 13.5. The van der Waals surface area contributed by atoms with Gasteiger partial charge in [-0.2, -0.15) is 13.3 Å². The number of hydrogen-bond donors (Lipinski definition) is 0. The third-order valence-electron chi connectivity index (χ3n) is 1.45. The first-order valence-electron chi connectivity index (χ1n) is 6.05. The molecule has 15 heavy (non-hydrogen) atoms. The van der Waals surface area contributed by atoms with E-state index in [1.165, 1.54) is 25.7 Å². The van der Waals surface area contributed by atoms with E-state index >= 15 is 0 Å². The van der Waals surface area contributed by atoms with Crippen molar-refractivity contribution in [2.75, 3.05) is 0 Å². The molecule has 0 aliphatic heterocycles. The van der Waals surface area contributed by atoms with Crippen molar-refractivity contribution in [3.05, 3.63) is 25.0 Å². The summed E-state index contributed by atoms with van der Waals surface area (Å²) >= 11 is 0. The SMILES string of the molecule is CC.CC=C[CH-]CC[CH-]C.CCCC.[K+]. The first-order valence-corrected chi connectivity index (χ1v) is 6.05. The maximum absolute atomic E-state index is 2.18. The van der Waals surface area contributed by atoms with Gasteiger partial charge in [-0.3, -0.25) is 0 Å². The predicted molar refractivity (Wildman–Crippen MR) is 70.3 cm³/mol. The fraction of sp³-hybridized carbons (Fsp3) is 0.714. The van der Waals surface area contributed by atoms with Crippen molar-refractivity contribution in [2.45, 2.75) is 67.2 Å². The molecule has 88 valence electrons. The summed E-state index contributed by atoms with van der Waals surface area (Å²) in [5.41, 5.74) is 0. The summed E-state index contributed by atoms with van der Waals surface area (Å²) in [5, 5.41) is 0. The molecule has 0 aliphatic carbocycles. The van der Waals surface area contributed by atoms with E-state index in [0.29, 0.717) is 0 Å². The summed E-state index contributed by atoms with van der Waals surface area (Å²) in [6, 6.07) is 0. The van der Waals surface area contributed by atoms with Crippen LogP contribution >= 0.6 is 0 Å². The second-order valence-electron chi connectivity index (χ2n) is 2.75. The minimum absolute atomic E-state index is 0. The first-order chi connectivity index (χ1) is 6.83. The molecular weight excluding hydrogens is 207 g/mol. The maximum Gasteiger partial charge on any atom is 1.00 e. The molecule has 0 aromatic heterocycles. The monoisotopic (exact) mass is 237 g/mol. The average Bonchev–Trinajstić information content (AvgIpc) is 2.28. The van der Waals surface area contributed by atoms with Crippen LogP contribution in [0.4, 0.5) is 0 Å². The van der Waals surface area contributed by atoms with Gasteiger partial charge in [0, 0.05) is 0 Å². The molecular formula is C14H30K-. The van der Waals surface area contributed by atoms with Crippen LogP contribution in [0.1, 0.15) is 67.2 Å². The second-order valence-corrected chi connectivity index (χ2v) is 2.75. The molecule has 0 saturated heterocycles. The van der Waals surface area contributed by atoms with Crippen molar-refractivity contribution < 1.29 is 51.4 Å². The van der Waals surface area contributed by atoms with Crippen LogP contribution in [0, 0.1) is 12.8 Å². The van der Waals surface area contributed by atoms with Gasteiger partial charge in [-0.25, -0.2) is 18.6 Å². The molecule has 1 heteroatoms. The fourth-order valence-corrected chi connectivity index (χ4v) is 0.495. The predicted octanol–water partition coefficient (Wildman–Crippen LogP) is 2.61. The Kier molecular flexibility index (Phi) is 60.8. The van der Waals surface area contributed by atoms with Crippen LogP contribution in [-0.2, 0) is 0 Å². The van der Waals surface area contributed by atoms with Crippen molar-refractivity contribution >= 4 is 0 Å². The first kappa shape index (κ1) is 25.2. The van der Waals surface area contributed by atoms with E-state index in [2.05, 4.69) is 45.8 Å². The third-order valence-corrected chi connectivity index (χ3v) is 1.45. The Morgan fingerprint density at radius 3 is 1.73 bits per heavy atom. The Bertz CT molecular complexity index is 75.4. The van der Waals surface area contributed by atoms with Crippen molar-refractivity contribution in [3.8, 4) is 0 Å². The molecule has 0 aliphatic rings. The molecule has 0 unspecified atom stereocenters. The fourth-order valence-electron chi connectivity index (χ4n) is 0.495. The zero-order valence-electron chi connectivity index (χ0n) is 12.1. The maximum atomic E-state index is 2.18. The van der Waals surface area contributed by atoms with Gasteiger partial charge in [0.05, 0.1) is 0 Å². The van der Waals surface area contributed by atoms with Crippen molar-refractivity contribution in [1.29, 1.82) is 0 Å². The van der Waals surface area contributed by atoms with Crippen molar-refractivity contribution in [1.82, 2.24) is 0 Å². The largest absolute Gasteiger partial charge is 1.00 e. The van der Waals surface area contributed by atoms with Crippen LogP contribution in [0.25, 0.3) is 0 Å². The van der Waals surface area contributed by atoms with Crippen LogP contribution in [0.5, 0.6) is 0 Å². The molecule has 0 aromatic carbocycles. The number of unbranched alkanes of at least 4 members (excludes halogenated alkanes) is 4. The van der Waals surface area contributed by atoms with Gasteiger partial charge in [-0.1, -0.05) is 40.5 Å². The van der Waals surface area contributed by atoms with Gasteiger partial charge < -0.3 is 6.42 Å². The van der Waals surface area contributed by atoms with Crippen LogP contribution in [-0.4, -0.2) is 0 Å². The summed E-state index contributed by atoms with van der Waals surface area (Å²) < 4.78 is 0. The molecule has 0 heterocycles. The van der Waals surface area contributed by atoms with Crippen molar-refractivity contribution in [3.63, 3.8) is 0 Å². The normalized spacial score (nSPS) is 7.87. The Morgan fingerprint density at radius 2 is 1.47 bits per heavy atom. The molecule has 0 radical (unpaired) electrons. The van der Waals surface area contributed by atoms with Gasteiger partial charge in [0.1, 0.15) is 0 Å². The molecule has 0 atom stereocenters. The van der Waals surface area contributed by atoms with Crippen LogP contribution in [0.2, 0.25) is 0 Å². The summed E-state index contributed by atoms with van der Waals surface area (Å²) in [7, 11) is 0. The van der Waals surface area contributed by atoms with E-state index < -0.39 is 0 Å².